The first-order valence-corrected chi connectivity index (χ1v) is 9.50. The van der Waals surface area contributed by atoms with E-state index >= 15 is 0 Å². The van der Waals surface area contributed by atoms with Crippen LogP contribution >= 0.6 is 0 Å². The van der Waals surface area contributed by atoms with Crippen molar-refractivity contribution in [3.63, 3.8) is 0 Å². The van der Waals surface area contributed by atoms with E-state index in [9.17, 15) is 4.79 Å². The predicted octanol–water partition coefficient (Wildman–Crippen LogP) is 4.05. The monoisotopic (exact) mass is 377 g/mol. The topological polar surface area (TPSA) is 56.1 Å². The third kappa shape index (κ3) is 5.00. The summed E-state index contributed by atoms with van der Waals surface area (Å²) in [5.74, 6) is 1.70. The molecular formula is C23H27N3O2. The van der Waals surface area contributed by atoms with Gasteiger partial charge in [0.2, 0.25) is 0 Å². The summed E-state index contributed by atoms with van der Waals surface area (Å²) in [5.41, 5.74) is 4.20. The first-order chi connectivity index (χ1) is 13.4. The highest BCUT2D eigenvalue weighted by Gasteiger charge is 2.11. The molecule has 0 fully saturated rings. The van der Waals surface area contributed by atoms with E-state index in [-0.39, 0.29) is 11.9 Å². The molecule has 0 saturated heterocycles. The molecule has 2 aromatic carbocycles. The number of amides is 1. The van der Waals surface area contributed by atoms with Gasteiger partial charge in [0.15, 0.2) is 0 Å². The van der Waals surface area contributed by atoms with Crippen molar-refractivity contribution in [1.29, 1.82) is 0 Å². The number of ether oxygens (including phenoxy) is 1. The zero-order chi connectivity index (χ0) is 20.1. The molecule has 1 heterocycles. The Morgan fingerprint density at radius 2 is 1.86 bits per heavy atom. The number of carbonyl (C=O) groups is 1. The van der Waals surface area contributed by atoms with Gasteiger partial charge in [-0.1, -0.05) is 18.2 Å². The molecular weight excluding hydrogens is 350 g/mol. The van der Waals surface area contributed by atoms with E-state index in [1.807, 2.05) is 62.5 Å². The lowest BCUT2D eigenvalue weighted by molar-refractivity contribution is 0.0926. The van der Waals surface area contributed by atoms with Gasteiger partial charge in [-0.15, -0.1) is 0 Å². The molecule has 1 aromatic heterocycles. The molecule has 28 heavy (non-hydrogen) atoms. The lowest BCUT2D eigenvalue weighted by atomic mass is 10.1. The fourth-order valence-electron chi connectivity index (χ4n) is 2.90. The van der Waals surface area contributed by atoms with Crippen molar-refractivity contribution in [2.45, 2.75) is 40.3 Å². The molecule has 0 aliphatic heterocycles. The van der Waals surface area contributed by atoms with E-state index in [0.717, 1.165) is 23.7 Å². The first kappa shape index (κ1) is 19.7. The summed E-state index contributed by atoms with van der Waals surface area (Å²) >= 11 is 0. The van der Waals surface area contributed by atoms with Gasteiger partial charge in [-0.05, 0) is 68.7 Å². The zero-order valence-corrected chi connectivity index (χ0v) is 16.9. The van der Waals surface area contributed by atoms with Crippen LogP contribution in [0.2, 0.25) is 0 Å². The van der Waals surface area contributed by atoms with Crippen molar-refractivity contribution in [3.8, 4) is 5.75 Å². The Balaban J connectivity index is 1.52. The van der Waals surface area contributed by atoms with Crippen molar-refractivity contribution in [2.75, 3.05) is 6.61 Å². The van der Waals surface area contributed by atoms with Crippen LogP contribution in [0.5, 0.6) is 5.75 Å². The third-order valence-electron chi connectivity index (χ3n) is 4.85. The largest absolute Gasteiger partial charge is 0.491 e. The number of nitrogens with zero attached hydrogens (tertiary/aromatic N) is 2. The quantitative estimate of drug-likeness (QED) is 0.676. The van der Waals surface area contributed by atoms with Crippen LogP contribution < -0.4 is 10.1 Å². The van der Waals surface area contributed by atoms with Crippen LogP contribution in [0.3, 0.4) is 0 Å². The Labute approximate surface area is 166 Å². The van der Waals surface area contributed by atoms with E-state index < -0.39 is 0 Å². The fourth-order valence-corrected chi connectivity index (χ4v) is 2.90. The summed E-state index contributed by atoms with van der Waals surface area (Å²) in [6.45, 7) is 9.22. The Morgan fingerprint density at radius 1 is 1.11 bits per heavy atom. The van der Waals surface area contributed by atoms with Gasteiger partial charge in [0.05, 0.1) is 6.04 Å². The number of benzene rings is 2. The summed E-state index contributed by atoms with van der Waals surface area (Å²) in [6.07, 6.45) is 3.74. The van der Waals surface area contributed by atoms with E-state index in [1.165, 1.54) is 11.1 Å². The lowest BCUT2D eigenvalue weighted by Crippen LogP contribution is -2.36. The van der Waals surface area contributed by atoms with Crippen molar-refractivity contribution in [1.82, 2.24) is 14.9 Å². The molecule has 0 saturated carbocycles. The first-order valence-electron chi connectivity index (χ1n) is 9.50. The second kappa shape index (κ2) is 8.74. The molecule has 1 amide bonds. The van der Waals surface area contributed by atoms with Crippen molar-refractivity contribution < 1.29 is 9.53 Å². The van der Waals surface area contributed by atoms with E-state index in [2.05, 4.69) is 28.7 Å². The number of hydrogen-bond donors (Lipinski definition) is 1. The lowest BCUT2D eigenvalue weighted by Gasteiger charge is -2.16. The summed E-state index contributed by atoms with van der Waals surface area (Å²) < 4.78 is 7.88. The highest BCUT2D eigenvalue weighted by molar-refractivity contribution is 5.94. The number of nitrogens with one attached hydrogen (secondary N) is 1. The van der Waals surface area contributed by atoms with Crippen LogP contribution in [-0.2, 0) is 6.54 Å². The minimum absolute atomic E-state index is 0.0950. The normalized spacial score (nSPS) is 11.9. The van der Waals surface area contributed by atoms with Crippen molar-refractivity contribution in [3.05, 3.63) is 82.9 Å². The van der Waals surface area contributed by atoms with Crippen LogP contribution in [0, 0.1) is 20.8 Å². The van der Waals surface area contributed by atoms with Crippen molar-refractivity contribution in [2.24, 2.45) is 0 Å². The van der Waals surface area contributed by atoms with Gasteiger partial charge in [-0.2, -0.15) is 0 Å². The standard InChI is InChI=1S/C23H27N3O2/c1-16-5-10-22(13-17(16)2)28-15-18(3)25-23(27)21-8-6-20(7-9-21)14-26-12-11-24-19(26)4/h5-13,18H,14-15H2,1-4H3,(H,25,27). The number of imidazole rings is 1. The molecule has 0 radical (unpaired) electrons. The molecule has 5 nitrogen and oxygen atoms in total. The molecule has 0 bridgehead atoms. The highest BCUT2D eigenvalue weighted by Crippen LogP contribution is 2.16. The van der Waals surface area contributed by atoms with Gasteiger partial charge in [-0.3, -0.25) is 4.79 Å². The highest BCUT2D eigenvalue weighted by atomic mass is 16.5. The summed E-state index contributed by atoms with van der Waals surface area (Å²) in [7, 11) is 0. The molecule has 0 aliphatic rings. The minimum Gasteiger partial charge on any atom is -0.491 e. The van der Waals surface area contributed by atoms with Crippen molar-refractivity contribution >= 4 is 5.91 Å². The minimum atomic E-state index is -0.0958. The van der Waals surface area contributed by atoms with Gasteiger partial charge < -0.3 is 14.6 Å². The second-order valence-corrected chi connectivity index (χ2v) is 7.23. The Morgan fingerprint density at radius 3 is 2.50 bits per heavy atom. The molecule has 1 N–H and O–H groups in total. The zero-order valence-electron chi connectivity index (χ0n) is 16.9. The average molecular weight is 377 g/mol. The number of carbonyl (C=O) groups excluding carboxylic acids is 1. The molecule has 146 valence electrons. The average Bonchev–Trinajstić information content (AvgIpc) is 3.08. The second-order valence-electron chi connectivity index (χ2n) is 7.23. The number of hydrogen-bond acceptors (Lipinski definition) is 3. The van der Waals surface area contributed by atoms with Crippen LogP contribution in [-0.4, -0.2) is 28.1 Å². The Kier molecular flexibility index (Phi) is 6.14. The fraction of sp³-hybridized carbons (Fsp3) is 0.304. The third-order valence-corrected chi connectivity index (χ3v) is 4.85. The Bertz CT molecular complexity index is 945. The molecule has 0 spiro atoms. The molecule has 1 atom stereocenters. The van der Waals surface area contributed by atoms with Crippen LogP contribution in [0.4, 0.5) is 0 Å². The van der Waals surface area contributed by atoms with E-state index in [4.69, 9.17) is 4.74 Å². The number of rotatable bonds is 7. The summed E-state index contributed by atoms with van der Waals surface area (Å²) in [5, 5.41) is 2.99. The molecule has 1 unspecified atom stereocenters. The summed E-state index contributed by atoms with van der Waals surface area (Å²) in [6, 6.07) is 13.6. The Hall–Kier alpha value is -3.08. The smallest absolute Gasteiger partial charge is 0.251 e. The number of aromatic nitrogens is 2. The predicted molar refractivity (Wildman–Crippen MR) is 111 cm³/mol. The van der Waals surface area contributed by atoms with Crippen LogP contribution in [0.25, 0.3) is 0 Å². The van der Waals surface area contributed by atoms with E-state index in [1.54, 1.807) is 6.20 Å². The van der Waals surface area contributed by atoms with Gasteiger partial charge >= 0.3 is 0 Å². The molecule has 3 aromatic rings. The van der Waals surface area contributed by atoms with E-state index in [0.29, 0.717) is 12.2 Å². The van der Waals surface area contributed by atoms with Gasteiger partial charge in [0, 0.05) is 24.5 Å². The summed E-state index contributed by atoms with van der Waals surface area (Å²) in [4.78, 5) is 16.7. The van der Waals surface area contributed by atoms with Crippen LogP contribution in [0.1, 0.15) is 39.8 Å². The van der Waals surface area contributed by atoms with Gasteiger partial charge in [0.1, 0.15) is 18.2 Å². The molecule has 5 heteroatoms. The molecule has 0 aliphatic carbocycles. The van der Waals surface area contributed by atoms with Crippen LogP contribution in [0.15, 0.2) is 54.9 Å². The SMILES string of the molecule is Cc1ccc(OCC(C)NC(=O)c2ccc(Cn3ccnc3C)cc2)cc1C. The molecule has 3 rings (SSSR count). The maximum absolute atomic E-state index is 12.5. The maximum Gasteiger partial charge on any atom is 0.251 e. The van der Waals surface area contributed by atoms with Gasteiger partial charge in [-0.25, -0.2) is 4.98 Å². The van der Waals surface area contributed by atoms with Gasteiger partial charge in [0.25, 0.3) is 5.91 Å². The maximum atomic E-state index is 12.5. The number of aryl methyl sites for hydroxylation is 3.